The second-order valence-corrected chi connectivity index (χ2v) is 6.26. The lowest BCUT2D eigenvalue weighted by atomic mass is 10.2. The summed E-state index contributed by atoms with van der Waals surface area (Å²) < 4.78 is 31.6. The zero-order chi connectivity index (χ0) is 15.2. The maximum absolute atomic E-state index is 12.0. The van der Waals surface area contributed by atoms with Gasteiger partial charge in [-0.1, -0.05) is 24.3 Å². The molecule has 1 rings (SSSR count). The van der Waals surface area contributed by atoms with Crippen LogP contribution in [0.15, 0.2) is 41.3 Å². The van der Waals surface area contributed by atoms with Crippen molar-refractivity contribution in [3.8, 4) is 0 Å². The molecule has 0 bridgehead atoms. The Morgan fingerprint density at radius 1 is 1.35 bits per heavy atom. The van der Waals surface area contributed by atoms with E-state index in [1.165, 1.54) is 19.1 Å². The van der Waals surface area contributed by atoms with E-state index in [0.29, 0.717) is 12.2 Å². The lowest BCUT2D eigenvalue weighted by molar-refractivity contribution is 0.101. The Balaban J connectivity index is 2.62. The average molecular weight is 297 g/mol. The molecule has 0 fully saturated rings. The van der Waals surface area contributed by atoms with Gasteiger partial charge in [-0.2, -0.15) is 0 Å². The molecule has 0 amide bonds. The predicted molar refractivity (Wildman–Crippen MR) is 77.3 cm³/mol. The molecule has 0 heterocycles. The van der Waals surface area contributed by atoms with Gasteiger partial charge in [0.05, 0.1) is 18.1 Å². The van der Waals surface area contributed by atoms with Crippen LogP contribution >= 0.6 is 0 Å². The van der Waals surface area contributed by atoms with Gasteiger partial charge in [0, 0.05) is 12.1 Å². The molecule has 0 saturated carbocycles. The number of hydrogen-bond acceptors (Lipinski definition) is 4. The number of rotatable bonds is 8. The molecule has 20 heavy (non-hydrogen) atoms. The van der Waals surface area contributed by atoms with Gasteiger partial charge in [0.2, 0.25) is 10.0 Å². The first-order valence-corrected chi connectivity index (χ1v) is 7.64. The third-order valence-corrected chi connectivity index (χ3v) is 3.90. The normalized spacial score (nSPS) is 11.3. The van der Waals surface area contributed by atoms with Gasteiger partial charge in [-0.3, -0.25) is 4.79 Å². The number of sulfonamides is 1. The largest absolute Gasteiger partial charge is 0.376 e. The van der Waals surface area contributed by atoms with Gasteiger partial charge in [-0.05, 0) is 26.0 Å². The van der Waals surface area contributed by atoms with Crippen LogP contribution in [0.25, 0.3) is 0 Å². The lowest BCUT2D eigenvalue weighted by Crippen LogP contribution is -2.27. The molecule has 0 aliphatic carbocycles. The minimum Gasteiger partial charge on any atom is -0.376 e. The first-order chi connectivity index (χ1) is 9.33. The fourth-order valence-corrected chi connectivity index (χ4v) is 2.52. The highest BCUT2D eigenvalue weighted by Gasteiger charge is 2.14. The molecule has 1 aromatic rings. The van der Waals surface area contributed by atoms with Gasteiger partial charge in [-0.25, -0.2) is 13.1 Å². The van der Waals surface area contributed by atoms with Crippen molar-refractivity contribution in [3.05, 3.63) is 42.0 Å². The van der Waals surface area contributed by atoms with Crippen LogP contribution in [-0.4, -0.2) is 34.0 Å². The molecular weight excluding hydrogens is 278 g/mol. The van der Waals surface area contributed by atoms with Crippen LogP contribution in [0.5, 0.6) is 0 Å². The molecule has 1 N–H and O–H groups in total. The van der Waals surface area contributed by atoms with E-state index >= 15 is 0 Å². The van der Waals surface area contributed by atoms with Crippen molar-refractivity contribution in [1.29, 1.82) is 0 Å². The van der Waals surface area contributed by atoms with Crippen LogP contribution < -0.4 is 4.72 Å². The zero-order valence-electron chi connectivity index (χ0n) is 11.7. The van der Waals surface area contributed by atoms with E-state index in [9.17, 15) is 13.2 Å². The van der Waals surface area contributed by atoms with Gasteiger partial charge < -0.3 is 4.74 Å². The van der Waals surface area contributed by atoms with Crippen LogP contribution in [0.4, 0.5) is 0 Å². The summed E-state index contributed by atoms with van der Waals surface area (Å²) in [4.78, 5) is 11.3. The highest BCUT2D eigenvalue weighted by atomic mass is 32.2. The van der Waals surface area contributed by atoms with E-state index in [1.807, 2.05) is 6.92 Å². The van der Waals surface area contributed by atoms with Gasteiger partial charge >= 0.3 is 0 Å². The Hall–Kier alpha value is -1.50. The SMILES string of the molecule is C=C(C)COCCNS(=O)(=O)c1cccc(C(C)=O)c1. The number of ketones is 1. The summed E-state index contributed by atoms with van der Waals surface area (Å²) in [7, 11) is -3.62. The predicted octanol–water partition coefficient (Wildman–Crippen LogP) is 1.76. The molecule has 0 saturated heterocycles. The van der Waals surface area contributed by atoms with Crippen LogP contribution in [0, 0.1) is 0 Å². The number of ether oxygens (including phenoxy) is 1. The summed E-state index contributed by atoms with van der Waals surface area (Å²) in [6.07, 6.45) is 0. The topological polar surface area (TPSA) is 72.5 Å². The smallest absolute Gasteiger partial charge is 0.240 e. The molecule has 6 heteroatoms. The van der Waals surface area contributed by atoms with Crippen LogP contribution in [0.3, 0.4) is 0 Å². The van der Waals surface area contributed by atoms with Gasteiger partial charge in [-0.15, -0.1) is 0 Å². The van der Waals surface area contributed by atoms with Crippen molar-refractivity contribution >= 4 is 15.8 Å². The second-order valence-electron chi connectivity index (χ2n) is 4.49. The van der Waals surface area contributed by atoms with E-state index in [1.54, 1.807) is 12.1 Å². The first kappa shape index (κ1) is 16.6. The van der Waals surface area contributed by atoms with Crippen LogP contribution in [0.1, 0.15) is 24.2 Å². The Morgan fingerprint density at radius 2 is 2.05 bits per heavy atom. The minimum atomic E-state index is -3.62. The molecule has 110 valence electrons. The zero-order valence-corrected chi connectivity index (χ0v) is 12.5. The average Bonchev–Trinajstić information content (AvgIpc) is 2.38. The van der Waals surface area contributed by atoms with Gasteiger partial charge in [0.25, 0.3) is 0 Å². The van der Waals surface area contributed by atoms with Crippen molar-refractivity contribution in [3.63, 3.8) is 0 Å². The fraction of sp³-hybridized carbons (Fsp3) is 0.357. The molecular formula is C14H19NO4S. The minimum absolute atomic E-state index is 0.0742. The number of carbonyl (C=O) groups is 1. The maximum atomic E-state index is 12.0. The van der Waals surface area contributed by atoms with Crippen LogP contribution in [-0.2, 0) is 14.8 Å². The van der Waals surface area contributed by atoms with Gasteiger partial charge in [0.1, 0.15) is 0 Å². The third-order valence-electron chi connectivity index (χ3n) is 2.44. The Kier molecular flexibility index (Phi) is 6.06. The number of benzene rings is 1. The third kappa shape index (κ3) is 5.24. The summed E-state index contributed by atoms with van der Waals surface area (Å²) in [6, 6.07) is 5.93. The number of nitrogens with one attached hydrogen (secondary N) is 1. The summed E-state index contributed by atoms with van der Waals surface area (Å²) in [5.74, 6) is -0.174. The standard InChI is InChI=1S/C14H19NO4S/c1-11(2)10-19-8-7-15-20(17,18)14-6-4-5-13(9-14)12(3)16/h4-6,9,15H,1,7-8,10H2,2-3H3. The fourth-order valence-electron chi connectivity index (χ4n) is 1.46. The van der Waals surface area contributed by atoms with Crippen molar-refractivity contribution < 1.29 is 17.9 Å². The summed E-state index contributed by atoms with van der Waals surface area (Å²) >= 11 is 0. The molecule has 1 aromatic carbocycles. The van der Waals surface area contributed by atoms with Crippen molar-refractivity contribution in [1.82, 2.24) is 4.72 Å². The monoisotopic (exact) mass is 297 g/mol. The molecule has 0 spiro atoms. The van der Waals surface area contributed by atoms with E-state index in [2.05, 4.69) is 11.3 Å². The maximum Gasteiger partial charge on any atom is 0.240 e. The first-order valence-electron chi connectivity index (χ1n) is 6.16. The molecule has 0 unspecified atom stereocenters. The summed E-state index contributed by atoms with van der Waals surface area (Å²) in [5.41, 5.74) is 1.24. The molecule has 0 aromatic heterocycles. The Morgan fingerprint density at radius 3 is 2.65 bits per heavy atom. The van der Waals surface area contributed by atoms with Crippen molar-refractivity contribution in [2.45, 2.75) is 18.7 Å². The number of carbonyl (C=O) groups excluding carboxylic acids is 1. The molecule has 0 radical (unpaired) electrons. The second kappa shape index (κ2) is 7.33. The highest BCUT2D eigenvalue weighted by molar-refractivity contribution is 7.89. The van der Waals surface area contributed by atoms with E-state index < -0.39 is 10.0 Å². The van der Waals surface area contributed by atoms with E-state index in [4.69, 9.17) is 4.74 Å². The van der Waals surface area contributed by atoms with Crippen molar-refractivity contribution in [2.75, 3.05) is 19.8 Å². The number of hydrogen-bond donors (Lipinski definition) is 1. The van der Waals surface area contributed by atoms with Crippen LogP contribution in [0.2, 0.25) is 0 Å². The molecule has 0 atom stereocenters. The highest BCUT2D eigenvalue weighted by Crippen LogP contribution is 2.11. The summed E-state index contributed by atoms with van der Waals surface area (Å²) in [5, 5.41) is 0. The Bertz CT molecular complexity index is 593. The summed E-state index contributed by atoms with van der Waals surface area (Å²) in [6.45, 7) is 7.74. The molecule has 5 nitrogen and oxygen atoms in total. The Labute approximate surface area is 119 Å². The lowest BCUT2D eigenvalue weighted by Gasteiger charge is -2.08. The van der Waals surface area contributed by atoms with E-state index in [-0.39, 0.29) is 23.8 Å². The van der Waals surface area contributed by atoms with Crippen molar-refractivity contribution in [2.24, 2.45) is 0 Å². The quantitative estimate of drug-likeness (QED) is 0.451. The molecule has 0 aliphatic heterocycles. The molecule has 0 aliphatic rings. The van der Waals surface area contributed by atoms with E-state index in [0.717, 1.165) is 5.57 Å². The number of Topliss-reactive ketones (excluding diaryl/α,β-unsaturated/α-hetero) is 1. The van der Waals surface area contributed by atoms with Gasteiger partial charge in [0.15, 0.2) is 5.78 Å².